The van der Waals surface area contributed by atoms with Crippen LogP contribution in [-0.2, 0) is 6.54 Å². The van der Waals surface area contributed by atoms with Crippen molar-refractivity contribution in [2.24, 2.45) is 10.2 Å². The van der Waals surface area contributed by atoms with Gasteiger partial charge in [0.15, 0.2) is 0 Å². The Labute approximate surface area is 164 Å². The first-order valence-electron chi connectivity index (χ1n) is 9.65. The molecule has 1 aromatic carbocycles. The smallest absolute Gasteiger partial charge is 0.260 e. The number of nitrogens with one attached hydrogen (secondary N) is 2. The number of rotatable bonds is 5. The number of hydrogen-bond acceptors (Lipinski definition) is 6. The van der Waals surface area contributed by atoms with Gasteiger partial charge in [0.25, 0.3) is 5.91 Å². The van der Waals surface area contributed by atoms with E-state index in [2.05, 4.69) is 55.0 Å². The van der Waals surface area contributed by atoms with E-state index < -0.39 is 0 Å². The first kappa shape index (κ1) is 18.3. The second-order valence-corrected chi connectivity index (χ2v) is 7.08. The number of carbonyl (C=O) groups is 1. The zero-order valence-electron chi connectivity index (χ0n) is 15.7. The Hall–Kier alpha value is -3.06. The maximum Gasteiger partial charge on any atom is 0.260 e. The fourth-order valence-corrected chi connectivity index (χ4v) is 3.53. The molecule has 0 unspecified atom stereocenters. The van der Waals surface area contributed by atoms with Gasteiger partial charge >= 0.3 is 0 Å². The molecular weight excluding hydrogens is 352 g/mol. The van der Waals surface area contributed by atoms with Gasteiger partial charge in [-0.1, -0.05) is 30.3 Å². The van der Waals surface area contributed by atoms with Crippen molar-refractivity contribution in [1.29, 1.82) is 0 Å². The zero-order valence-corrected chi connectivity index (χ0v) is 15.7. The molecule has 7 heteroatoms. The van der Waals surface area contributed by atoms with Gasteiger partial charge in [0, 0.05) is 44.5 Å². The van der Waals surface area contributed by atoms with Crippen LogP contribution >= 0.6 is 0 Å². The molecule has 2 N–H and O–H groups in total. The second-order valence-electron chi connectivity index (χ2n) is 7.08. The highest BCUT2D eigenvalue weighted by molar-refractivity contribution is 6.12. The maximum absolute atomic E-state index is 12.6. The number of likely N-dealkylation sites (tertiary alicyclic amines) is 1. The molecule has 0 spiro atoms. The van der Waals surface area contributed by atoms with E-state index in [0.717, 1.165) is 32.5 Å². The van der Waals surface area contributed by atoms with E-state index >= 15 is 0 Å². The normalized spacial score (nSPS) is 17.4. The SMILES string of the molecule is O=C(NC1=NN=CC1)c1cccnc1NC1CCN(Cc2ccccc2)CC1. The highest BCUT2D eigenvalue weighted by Crippen LogP contribution is 2.19. The van der Waals surface area contributed by atoms with Gasteiger partial charge in [-0.25, -0.2) is 4.98 Å². The minimum absolute atomic E-state index is 0.207. The van der Waals surface area contributed by atoms with Crippen LogP contribution in [0.2, 0.25) is 0 Å². The Kier molecular flexibility index (Phi) is 5.72. The van der Waals surface area contributed by atoms with Crippen LogP contribution in [0.3, 0.4) is 0 Å². The molecule has 1 aromatic heterocycles. The van der Waals surface area contributed by atoms with Gasteiger partial charge < -0.3 is 10.6 Å². The maximum atomic E-state index is 12.6. The molecule has 2 aromatic rings. The summed E-state index contributed by atoms with van der Waals surface area (Å²) in [6, 6.07) is 14.4. The average Bonchev–Trinajstić information content (AvgIpc) is 3.24. The minimum atomic E-state index is -0.207. The number of hydrogen-bond donors (Lipinski definition) is 2. The number of piperidine rings is 1. The predicted molar refractivity (Wildman–Crippen MR) is 111 cm³/mol. The zero-order chi connectivity index (χ0) is 19.2. The van der Waals surface area contributed by atoms with Crippen LogP contribution in [0.1, 0.15) is 35.2 Å². The first-order valence-corrected chi connectivity index (χ1v) is 9.65. The van der Waals surface area contributed by atoms with Crippen LogP contribution in [0, 0.1) is 0 Å². The molecular formula is C21H24N6O. The third-order valence-corrected chi connectivity index (χ3v) is 5.03. The molecule has 0 aliphatic carbocycles. The minimum Gasteiger partial charge on any atom is -0.367 e. The molecule has 0 atom stereocenters. The molecule has 1 saturated heterocycles. The Morgan fingerprint density at radius 3 is 2.68 bits per heavy atom. The lowest BCUT2D eigenvalue weighted by Gasteiger charge is -2.32. The van der Waals surface area contributed by atoms with Gasteiger partial charge in [-0.15, -0.1) is 5.10 Å². The molecule has 0 radical (unpaired) electrons. The third-order valence-electron chi connectivity index (χ3n) is 5.03. The van der Waals surface area contributed by atoms with E-state index in [4.69, 9.17) is 0 Å². The van der Waals surface area contributed by atoms with Crippen molar-refractivity contribution in [2.45, 2.75) is 31.8 Å². The molecule has 1 amide bonds. The quantitative estimate of drug-likeness (QED) is 0.841. The summed E-state index contributed by atoms with van der Waals surface area (Å²) >= 11 is 0. The molecule has 0 bridgehead atoms. The van der Waals surface area contributed by atoms with Crippen molar-refractivity contribution in [3.63, 3.8) is 0 Å². The lowest BCUT2D eigenvalue weighted by molar-refractivity contribution is 0.0977. The van der Waals surface area contributed by atoms with E-state index in [0.29, 0.717) is 29.7 Å². The van der Waals surface area contributed by atoms with Gasteiger partial charge in [-0.2, -0.15) is 5.10 Å². The standard InChI is InChI=1S/C21H24N6O/c28-21(25-19-8-12-23-26-19)18-7-4-11-22-20(18)24-17-9-13-27(14-10-17)15-16-5-2-1-3-6-16/h1-7,11-12,17H,8-10,13-15H2,(H,22,24)(H,25,26,28). The predicted octanol–water partition coefficient (Wildman–Crippen LogP) is 2.68. The number of pyridine rings is 1. The molecule has 3 heterocycles. The molecule has 1 fully saturated rings. The van der Waals surface area contributed by atoms with Crippen LogP contribution in [-0.4, -0.2) is 47.0 Å². The highest BCUT2D eigenvalue weighted by atomic mass is 16.1. The van der Waals surface area contributed by atoms with Crippen LogP contribution < -0.4 is 10.6 Å². The van der Waals surface area contributed by atoms with Crippen LogP contribution in [0.15, 0.2) is 58.9 Å². The molecule has 28 heavy (non-hydrogen) atoms. The highest BCUT2D eigenvalue weighted by Gasteiger charge is 2.22. The summed E-state index contributed by atoms with van der Waals surface area (Å²) < 4.78 is 0. The number of carbonyl (C=O) groups excluding carboxylic acids is 1. The van der Waals surface area contributed by atoms with Gasteiger partial charge in [0.1, 0.15) is 11.7 Å². The first-order chi connectivity index (χ1) is 13.8. The summed E-state index contributed by atoms with van der Waals surface area (Å²) in [5.74, 6) is 0.983. The molecule has 2 aliphatic heterocycles. The topological polar surface area (TPSA) is 82.0 Å². The van der Waals surface area contributed by atoms with Crippen LogP contribution in [0.5, 0.6) is 0 Å². The number of amides is 1. The molecule has 144 valence electrons. The third kappa shape index (κ3) is 4.61. The van der Waals surface area contributed by atoms with E-state index in [9.17, 15) is 4.79 Å². The van der Waals surface area contributed by atoms with Gasteiger partial charge in [0.2, 0.25) is 0 Å². The van der Waals surface area contributed by atoms with Crippen LogP contribution in [0.25, 0.3) is 0 Å². The van der Waals surface area contributed by atoms with E-state index in [-0.39, 0.29) is 5.91 Å². The Morgan fingerprint density at radius 2 is 1.93 bits per heavy atom. The number of amidine groups is 1. The van der Waals surface area contributed by atoms with Gasteiger partial charge in [0.05, 0.1) is 5.56 Å². The number of aromatic nitrogens is 1. The number of benzene rings is 1. The van der Waals surface area contributed by atoms with Gasteiger partial charge in [-0.3, -0.25) is 9.69 Å². The van der Waals surface area contributed by atoms with E-state index in [1.165, 1.54) is 5.56 Å². The number of anilines is 1. The fourth-order valence-electron chi connectivity index (χ4n) is 3.53. The molecule has 0 saturated carbocycles. The van der Waals surface area contributed by atoms with E-state index in [1.807, 2.05) is 6.07 Å². The molecule has 4 rings (SSSR count). The van der Waals surface area contributed by atoms with Crippen LogP contribution in [0.4, 0.5) is 5.82 Å². The fraction of sp³-hybridized carbons (Fsp3) is 0.333. The number of nitrogens with zero attached hydrogens (tertiary/aromatic N) is 4. The summed E-state index contributed by atoms with van der Waals surface area (Å²) in [5.41, 5.74) is 1.88. The lowest BCUT2D eigenvalue weighted by Crippen LogP contribution is -2.39. The summed E-state index contributed by atoms with van der Waals surface area (Å²) in [4.78, 5) is 19.5. The summed E-state index contributed by atoms with van der Waals surface area (Å²) in [5, 5.41) is 13.9. The van der Waals surface area contributed by atoms with Crippen molar-refractivity contribution in [1.82, 2.24) is 15.2 Å². The summed E-state index contributed by atoms with van der Waals surface area (Å²) in [7, 11) is 0. The Bertz CT molecular complexity index is 871. The second kappa shape index (κ2) is 8.75. The largest absolute Gasteiger partial charge is 0.367 e. The Morgan fingerprint density at radius 1 is 1.11 bits per heavy atom. The average molecular weight is 376 g/mol. The Balaban J connectivity index is 1.33. The van der Waals surface area contributed by atoms with Crippen molar-refractivity contribution in [2.75, 3.05) is 18.4 Å². The lowest BCUT2D eigenvalue weighted by atomic mass is 10.0. The summed E-state index contributed by atoms with van der Waals surface area (Å²) in [6.07, 6.45) is 5.96. The molecule has 2 aliphatic rings. The van der Waals surface area contributed by atoms with Crippen molar-refractivity contribution < 1.29 is 4.79 Å². The molecule has 7 nitrogen and oxygen atoms in total. The van der Waals surface area contributed by atoms with E-state index in [1.54, 1.807) is 24.5 Å². The van der Waals surface area contributed by atoms with Crippen molar-refractivity contribution in [3.8, 4) is 0 Å². The van der Waals surface area contributed by atoms with Crippen molar-refractivity contribution in [3.05, 3.63) is 59.8 Å². The van der Waals surface area contributed by atoms with Gasteiger partial charge in [-0.05, 0) is 30.5 Å². The van der Waals surface area contributed by atoms with Crippen molar-refractivity contribution >= 4 is 23.8 Å². The monoisotopic (exact) mass is 376 g/mol. The summed E-state index contributed by atoms with van der Waals surface area (Å²) in [6.45, 7) is 3.03.